The highest BCUT2D eigenvalue weighted by Crippen LogP contribution is 2.36. The molecule has 0 aromatic heterocycles. The molecule has 2 aromatic carbocycles. The number of anilines is 1. The summed E-state index contributed by atoms with van der Waals surface area (Å²) in [7, 11) is 1.19. The monoisotopic (exact) mass is 524 g/mol. The van der Waals surface area contributed by atoms with E-state index in [0.717, 1.165) is 47.0 Å². The number of benzene rings is 2. The third kappa shape index (κ3) is 5.82. The second-order valence-electron chi connectivity index (χ2n) is 7.99. The van der Waals surface area contributed by atoms with E-state index in [0.29, 0.717) is 12.4 Å². The number of nitrogens with one attached hydrogen (secondary N) is 2. The van der Waals surface area contributed by atoms with Gasteiger partial charge in [-0.2, -0.15) is 0 Å². The molecule has 9 heteroatoms. The van der Waals surface area contributed by atoms with Crippen LogP contribution in [0.2, 0.25) is 0 Å². The van der Waals surface area contributed by atoms with Crippen LogP contribution in [0.5, 0.6) is 5.75 Å². The molecule has 1 aliphatic heterocycles. The lowest BCUT2D eigenvalue weighted by molar-refractivity contribution is -0.142. The predicted molar refractivity (Wildman–Crippen MR) is 125 cm³/mol. The minimum absolute atomic E-state index is 0.00741. The first kappa shape index (κ1) is 25.0. The molecule has 2 N–H and O–H groups in total. The van der Waals surface area contributed by atoms with Crippen LogP contribution in [0.3, 0.4) is 0 Å². The quantitative estimate of drug-likeness (QED) is 0.486. The molecule has 0 unspecified atom stereocenters. The normalized spacial score (nSPS) is 14.5. The lowest BCUT2D eigenvalue weighted by Gasteiger charge is -2.24. The van der Waals surface area contributed by atoms with Gasteiger partial charge < -0.3 is 20.1 Å². The van der Waals surface area contributed by atoms with Crippen LogP contribution in [0, 0.1) is 11.6 Å². The Kier molecular flexibility index (Phi) is 8.29. The molecule has 178 valence electrons. The van der Waals surface area contributed by atoms with Crippen molar-refractivity contribution in [3.05, 3.63) is 57.1 Å². The number of ether oxygens (including phenoxy) is 2. The number of carbonyl (C=O) groups excluding carboxylic acids is 2. The molecule has 6 nitrogen and oxygen atoms in total. The summed E-state index contributed by atoms with van der Waals surface area (Å²) in [4.78, 5) is 25.2. The fourth-order valence-electron chi connectivity index (χ4n) is 3.73. The molecule has 0 bridgehead atoms. The zero-order valence-corrected chi connectivity index (χ0v) is 20.4. The lowest BCUT2D eigenvalue weighted by atomic mass is 9.95. The number of esters is 1. The van der Waals surface area contributed by atoms with Gasteiger partial charge >= 0.3 is 5.97 Å². The van der Waals surface area contributed by atoms with Gasteiger partial charge in [0.15, 0.2) is 0 Å². The van der Waals surface area contributed by atoms with E-state index in [1.807, 2.05) is 19.9 Å². The van der Waals surface area contributed by atoms with Crippen molar-refractivity contribution in [1.29, 1.82) is 0 Å². The lowest BCUT2D eigenvalue weighted by Crippen LogP contribution is -2.43. The summed E-state index contributed by atoms with van der Waals surface area (Å²) in [6, 6.07) is 4.65. The zero-order chi connectivity index (χ0) is 24.1. The topological polar surface area (TPSA) is 76.7 Å². The van der Waals surface area contributed by atoms with Gasteiger partial charge in [0.25, 0.3) is 5.91 Å². The van der Waals surface area contributed by atoms with E-state index in [1.54, 1.807) is 6.07 Å². The number of carbonyl (C=O) groups is 2. The van der Waals surface area contributed by atoms with Crippen LogP contribution in [0.1, 0.15) is 48.2 Å². The summed E-state index contributed by atoms with van der Waals surface area (Å²) in [5.74, 6) is -3.08. The Balaban J connectivity index is 1.85. The molecule has 0 spiro atoms. The molecule has 1 heterocycles. The highest BCUT2D eigenvalue weighted by molar-refractivity contribution is 9.10. The van der Waals surface area contributed by atoms with Gasteiger partial charge in [0, 0.05) is 18.2 Å². The summed E-state index contributed by atoms with van der Waals surface area (Å²) < 4.78 is 40.7. The highest BCUT2D eigenvalue weighted by atomic mass is 79.9. The fraction of sp³-hybridized carbons (Fsp3) is 0.417. The Morgan fingerprint density at radius 1 is 1.24 bits per heavy atom. The number of rotatable bonds is 8. The summed E-state index contributed by atoms with van der Waals surface area (Å²) >= 11 is 3.46. The second-order valence-corrected chi connectivity index (χ2v) is 8.84. The number of halogens is 3. The van der Waals surface area contributed by atoms with Crippen molar-refractivity contribution in [3.8, 4) is 5.75 Å². The van der Waals surface area contributed by atoms with Gasteiger partial charge in [-0.15, -0.1) is 0 Å². The van der Waals surface area contributed by atoms with Crippen molar-refractivity contribution < 1.29 is 27.8 Å². The SMILES string of the molecule is CC[C@H](C)Nc1cc(F)c(C(=O)N[C@@H](Cc2ccc(Br)c3c2CCCO3)C(=O)OC)c(F)c1. The molecule has 1 amide bonds. The minimum atomic E-state index is -1.13. The molecule has 2 aromatic rings. The van der Waals surface area contributed by atoms with Gasteiger partial charge in [-0.25, -0.2) is 13.6 Å². The van der Waals surface area contributed by atoms with Gasteiger partial charge in [-0.05, 0) is 71.4 Å². The molecular weight excluding hydrogens is 498 g/mol. The molecule has 0 saturated heterocycles. The average molecular weight is 525 g/mol. The maximum atomic E-state index is 14.7. The van der Waals surface area contributed by atoms with Crippen LogP contribution in [0.25, 0.3) is 0 Å². The summed E-state index contributed by atoms with van der Waals surface area (Å²) in [6.45, 7) is 4.41. The van der Waals surface area contributed by atoms with Gasteiger partial charge in [-0.3, -0.25) is 4.79 Å². The van der Waals surface area contributed by atoms with Gasteiger partial charge in [0.1, 0.15) is 29.0 Å². The van der Waals surface area contributed by atoms with Crippen LogP contribution >= 0.6 is 15.9 Å². The average Bonchev–Trinajstić information content (AvgIpc) is 2.79. The molecule has 3 rings (SSSR count). The van der Waals surface area contributed by atoms with E-state index < -0.39 is 35.1 Å². The Bertz CT molecular complexity index is 1020. The van der Waals surface area contributed by atoms with E-state index in [4.69, 9.17) is 9.47 Å². The number of amides is 1. The van der Waals surface area contributed by atoms with Crippen LogP contribution in [-0.2, 0) is 22.4 Å². The molecule has 33 heavy (non-hydrogen) atoms. The zero-order valence-electron chi connectivity index (χ0n) is 18.8. The van der Waals surface area contributed by atoms with Gasteiger partial charge in [0.2, 0.25) is 0 Å². The molecule has 0 saturated carbocycles. The predicted octanol–water partition coefficient (Wildman–Crippen LogP) is 4.78. The number of fused-ring (bicyclic) bond motifs is 1. The van der Waals surface area contributed by atoms with Crippen molar-refractivity contribution in [2.45, 2.75) is 51.6 Å². The molecule has 1 aliphatic rings. The molecule has 0 fully saturated rings. The summed E-state index contributed by atoms with van der Waals surface area (Å²) in [5, 5.41) is 5.41. The first-order chi connectivity index (χ1) is 15.7. The molecular formula is C24H27BrF2N2O4. The number of hydrogen-bond acceptors (Lipinski definition) is 5. The summed E-state index contributed by atoms with van der Waals surface area (Å²) in [6.07, 6.45) is 2.42. The first-order valence-electron chi connectivity index (χ1n) is 10.8. The largest absolute Gasteiger partial charge is 0.492 e. The Morgan fingerprint density at radius 2 is 1.94 bits per heavy atom. The van der Waals surface area contributed by atoms with E-state index in [-0.39, 0.29) is 18.2 Å². The maximum absolute atomic E-state index is 14.7. The highest BCUT2D eigenvalue weighted by Gasteiger charge is 2.28. The Labute approximate surface area is 200 Å². The molecule has 0 aliphatic carbocycles. The van der Waals surface area contributed by atoms with Crippen molar-refractivity contribution >= 4 is 33.5 Å². The van der Waals surface area contributed by atoms with Gasteiger partial charge in [-0.1, -0.05) is 13.0 Å². The van der Waals surface area contributed by atoms with E-state index in [9.17, 15) is 18.4 Å². The standard InChI is InChI=1S/C24H27BrF2N2O4/c1-4-13(2)28-15-11-18(26)21(19(27)12-15)23(30)29-20(24(31)32-3)10-14-7-8-17(25)22-16(14)6-5-9-33-22/h7-8,11-13,20,28H,4-6,9-10H2,1-3H3,(H,29,30)/t13-,20-/m0/s1. The van der Waals surface area contributed by atoms with Crippen molar-refractivity contribution in [3.63, 3.8) is 0 Å². The van der Waals surface area contributed by atoms with E-state index in [2.05, 4.69) is 26.6 Å². The molecule has 2 atom stereocenters. The smallest absolute Gasteiger partial charge is 0.328 e. The third-order valence-electron chi connectivity index (χ3n) is 5.64. The number of methoxy groups -OCH3 is 1. The van der Waals surface area contributed by atoms with E-state index >= 15 is 0 Å². The molecule has 0 radical (unpaired) electrons. The third-order valence-corrected chi connectivity index (χ3v) is 6.26. The Hall–Kier alpha value is -2.68. The first-order valence-corrected chi connectivity index (χ1v) is 11.6. The van der Waals surface area contributed by atoms with Crippen molar-refractivity contribution in [2.24, 2.45) is 0 Å². The van der Waals surface area contributed by atoms with E-state index in [1.165, 1.54) is 7.11 Å². The van der Waals surface area contributed by atoms with Crippen LogP contribution in [0.15, 0.2) is 28.7 Å². The van der Waals surface area contributed by atoms with Crippen LogP contribution in [0.4, 0.5) is 14.5 Å². The van der Waals surface area contributed by atoms with Crippen LogP contribution < -0.4 is 15.4 Å². The fourth-order valence-corrected chi connectivity index (χ4v) is 4.22. The van der Waals surface area contributed by atoms with Crippen molar-refractivity contribution in [1.82, 2.24) is 5.32 Å². The minimum Gasteiger partial charge on any atom is -0.492 e. The van der Waals surface area contributed by atoms with Crippen LogP contribution in [-0.4, -0.2) is 37.7 Å². The number of hydrogen-bond donors (Lipinski definition) is 2. The maximum Gasteiger partial charge on any atom is 0.328 e. The van der Waals surface area contributed by atoms with Crippen molar-refractivity contribution in [2.75, 3.05) is 19.0 Å². The van der Waals surface area contributed by atoms with Gasteiger partial charge in [0.05, 0.1) is 18.2 Å². The second kappa shape index (κ2) is 11.0. The summed E-state index contributed by atoms with van der Waals surface area (Å²) in [5.41, 5.74) is 1.20. The Morgan fingerprint density at radius 3 is 2.58 bits per heavy atom.